The van der Waals surface area contributed by atoms with Crippen LogP contribution in [0.3, 0.4) is 0 Å². The first-order chi connectivity index (χ1) is 11.4. The van der Waals surface area contributed by atoms with E-state index in [0.717, 1.165) is 0 Å². The molecule has 0 bridgehead atoms. The summed E-state index contributed by atoms with van der Waals surface area (Å²) in [6.45, 7) is 0.461. The fourth-order valence-electron chi connectivity index (χ4n) is 2.23. The largest absolute Gasteiger partial charge is 0.455 e. The van der Waals surface area contributed by atoms with Crippen molar-refractivity contribution in [3.8, 4) is 17.6 Å². The summed E-state index contributed by atoms with van der Waals surface area (Å²) in [5.41, 5.74) is 7.26. The fourth-order valence-corrected chi connectivity index (χ4v) is 2.23. The number of ether oxygens (including phenoxy) is 1. The average molecular weight is 329 g/mol. The van der Waals surface area contributed by atoms with Crippen molar-refractivity contribution in [2.75, 3.05) is 19.8 Å². The third-order valence-electron chi connectivity index (χ3n) is 3.24. The molecule has 2 aromatic rings. The van der Waals surface area contributed by atoms with E-state index in [1.807, 2.05) is 25.1 Å². The third-order valence-corrected chi connectivity index (χ3v) is 3.24. The lowest BCUT2D eigenvalue weighted by Crippen LogP contribution is -2.12. The Balaban J connectivity index is 2.54. The fraction of sp³-hybridized carbons (Fsp3) is 0.167. The van der Waals surface area contributed by atoms with Gasteiger partial charge in [0, 0.05) is 18.2 Å². The second-order valence-corrected chi connectivity index (χ2v) is 5.47. The van der Waals surface area contributed by atoms with E-state index in [1.54, 1.807) is 24.3 Å². The van der Waals surface area contributed by atoms with E-state index in [0.29, 0.717) is 35.4 Å². The maximum Gasteiger partial charge on any atom is 0.270 e. The Hall–Kier alpha value is -2.91. The van der Waals surface area contributed by atoms with Crippen LogP contribution in [0.15, 0.2) is 42.5 Å². The lowest BCUT2D eigenvalue weighted by molar-refractivity contribution is 0.389. The molecule has 0 saturated heterocycles. The van der Waals surface area contributed by atoms with Gasteiger partial charge in [0.1, 0.15) is 11.5 Å². The van der Waals surface area contributed by atoms with Gasteiger partial charge >= 0.3 is 0 Å². The van der Waals surface area contributed by atoms with Crippen LogP contribution in [0.25, 0.3) is 6.08 Å². The van der Waals surface area contributed by atoms with Crippen molar-refractivity contribution in [1.82, 2.24) is 4.90 Å². The van der Waals surface area contributed by atoms with E-state index in [1.165, 1.54) is 12.1 Å². The van der Waals surface area contributed by atoms with Crippen LogP contribution in [0.4, 0.5) is 14.5 Å². The number of nitrogen functional groups attached to an aromatic ring is 1. The van der Waals surface area contributed by atoms with Gasteiger partial charge in [0.25, 0.3) is 6.08 Å². The lowest BCUT2D eigenvalue weighted by Gasteiger charge is -2.17. The zero-order valence-corrected chi connectivity index (χ0v) is 13.4. The number of hydrogen-bond donors (Lipinski definition) is 1. The Morgan fingerprint density at radius 3 is 2.54 bits per heavy atom. The molecule has 0 fully saturated rings. The van der Waals surface area contributed by atoms with Gasteiger partial charge in [-0.25, -0.2) is 0 Å². The zero-order valence-electron chi connectivity index (χ0n) is 13.4. The highest BCUT2D eigenvalue weighted by Gasteiger charge is 2.13. The number of halogens is 2. The van der Waals surface area contributed by atoms with E-state index in [-0.39, 0.29) is 11.1 Å². The average Bonchev–Trinajstić information content (AvgIpc) is 2.50. The lowest BCUT2D eigenvalue weighted by atomic mass is 10.0. The Kier molecular flexibility index (Phi) is 5.51. The topological polar surface area (TPSA) is 62.3 Å². The highest BCUT2D eigenvalue weighted by molar-refractivity contribution is 5.63. The summed E-state index contributed by atoms with van der Waals surface area (Å²) in [6, 6.07) is 11.9. The molecule has 0 saturated carbocycles. The van der Waals surface area contributed by atoms with Crippen LogP contribution in [0.5, 0.6) is 11.5 Å². The van der Waals surface area contributed by atoms with Crippen LogP contribution in [0.2, 0.25) is 0 Å². The van der Waals surface area contributed by atoms with Crippen molar-refractivity contribution < 1.29 is 13.5 Å². The van der Waals surface area contributed by atoms with Crippen molar-refractivity contribution >= 4 is 11.8 Å². The van der Waals surface area contributed by atoms with Gasteiger partial charge in [0.15, 0.2) is 0 Å². The third kappa shape index (κ3) is 4.31. The molecule has 0 aliphatic rings. The Morgan fingerprint density at radius 2 is 1.96 bits per heavy atom. The Bertz CT molecular complexity index is 806. The number of nitrogens with two attached hydrogens (primary N) is 1. The molecule has 0 unspecified atom stereocenters. The van der Waals surface area contributed by atoms with Crippen molar-refractivity contribution in [3.63, 3.8) is 0 Å². The maximum absolute atomic E-state index is 12.6. The van der Waals surface area contributed by atoms with E-state index < -0.39 is 6.08 Å². The summed E-state index contributed by atoms with van der Waals surface area (Å²) in [4.78, 5) is 1.88. The van der Waals surface area contributed by atoms with E-state index in [9.17, 15) is 14.0 Å². The molecule has 2 N–H and O–H groups in total. The second-order valence-electron chi connectivity index (χ2n) is 5.47. The van der Waals surface area contributed by atoms with Crippen molar-refractivity contribution in [2.24, 2.45) is 0 Å². The van der Waals surface area contributed by atoms with Gasteiger partial charge in [-0.1, -0.05) is 12.1 Å². The molecule has 0 aliphatic carbocycles. The summed E-state index contributed by atoms with van der Waals surface area (Å²) >= 11 is 0. The van der Waals surface area contributed by atoms with Gasteiger partial charge in [-0.15, -0.1) is 0 Å². The molecule has 0 aromatic heterocycles. The van der Waals surface area contributed by atoms with E-state index in [4.69, 9.17) is 10.5 Å². The number of benzene rings is 2. The van der Waals surface area contributed by atoms with E-state index in [2.05, 4.69) is 0 Å². The molecule has 0 amide bonds. The van der Waals surface area contributed by atoms with Crippen molar-refractivity contribution in [3.05, 3.63) is 59.2 Å². The first-order valence-electron chi connectivity index (χ1n) is 7.17. The molecule has 6 heteroatoms. The van der Waals surface area contributed by atoms with Gasteiger partial charge in [-0.05, 0) is 43.9 Å². The highest BCUT2D eigenvalue weighted by Crippen LogP contribution is 2.33. The molecular weight excluding hydrogens is 312 g/mol. The number of para-hydroxylation sites is 2. The minimum Gasteiger partial charge on any atom is -0.455 e. The molecule has 0 aliphatic heterocycles. The van der Waals surface area contributed by atoms with Crippen LogP contribution in [0, 0.1) is 11.3 Å². The minimum atomic E-state index is -1.86. The van der Waals surface area contributed by atoms with Crippen molar-refractivity contribution in [2.45, 2.75) is 6.54 Å². The quantitative estimate of drug-likeness (QED) is 0.834. The van der Waals surface area contributed by atoms with Crippen LogP contribution in [-0.4, -0.2) is 19.0 Å². The van der Waals surface area contributed by atoms with Gasteiger partial charge in [-0.2, -0.15) is 14.0 Å². The number of nitrogens with zero attached hydrogens (tertiary/aromatic N) is 2. The standard InChI is InChI=1S/C18H17F2N3O/c1-23(2)11-14-7-12(9-18(19)20)13(10-21)8-17(14)24-16-6-4-3-5-15(16)22/h3-9H,11,22H2,1-2H3. The number of nitriles is 1. The molecule has 0 heterocycles. The maximum atomic E-state index is 12.6. The SMILES string of the molecule is CN(C)Cc1cc(C=C(F)F)c(C#N)cc1Oc1ccccc1N. The smallest absolute Gasteiger partial charge is 0.270 e. The first kappa shape index (κ1) is 17.4. The molecule has 0 atom stereocenters. The van der Waals surface area contributed by atoms with Crippen LogP contribution in [-0.2, 0) is 6.54 Å². The van der Waals surface area contributed by atoms with E-state index >= 15 is 0 Å². The van der Waals surface area contributed by atoms with Crippen LogP contribution >= 0.6 is 0 Å². The number of rotatable bonds is 5. The minimum absolute atomic E-state index is 0.106. The highest BCUT2D eigenvalue weighted by atomic mass is 19.3. The summed E-state index contributed by atoms with van der Waals surface area (Å²) in [5.74, 6) is 0.857. The van der Waals surface area contributed by atoms with Gasteiger partial charge in [-0.3, -0.25) is 0 Å². The predicted octanol–water partition coefficient (Wildman–Crippen LogP) is 4.23. The number of hydrogen-bond acceptors (Lipinski definition) is 4. The van der Waals surface area contributed by atoms with Crippen molar-refractivity contribution in [1.29, 1.82) is 5.26 Å². The second kappa shape index (κ2) is 7.57. The summed E-state index contributed by atoms with van der Waals surface area (Å²) < 4.78 is 31.1. The Morgan fingerprint density at radius 1 is 1.25 bits per heavy atom. The first-order valence-corrected chi connectivity index (χ1v) is 7.17. The van der Waals surface area contributed by atoms with Crippen LogP contribution < -0.4 is 10.5 Å². The van der Waals surface area contributed by atoms with Gasteiger partial charge in [0.2, 0.25) is 0 Å². The molecule has 2 rings (SSSR count). The summed E-state index contributed by atoms with van der Waals surface area (Å²) in [6.07, 6.45) is -1.18. The molecule has 24 heavy (non-hydrogen) atoms. The monoisotopic (exact) mass is 329 g/mol. The van der Waals surface area contributed by atoms with Crippen LogP contribution in [0.1, 0.15) is 16.7 Å². The molecular formula is C18H17F2N3O. The van der Waals surface area contributed by atoms with Gasteiger partial charge < -0.3 is 15.4 Å². The van der Waals surface area contributed by atoms with Gasteiger partial charge in [0.05, 0.1) is 17.3 Å². The predicted molar refractivity (Wildman–Crippen MR) is 89.7 cm³/mol. The molecule has 0 radical (unpaired) electrons. The molecule has 124 valence electrons. The number of anilines is 1. The summed E-state index contributed by atoms with van der Waals surface area (Å²) in [7, 11) is 3.70. The normalized spacial score (nSPS) is 10.3. The zero-order chi connectivity index (χ0) is 17.7. The Labute approximate surface area is 139 Å². The molecule has 2 aromatic carbocycles. The molecule has 4 nitrogen and oxygen atoms in total. The summed E-state index contributed by atoms with van der Waals surface area (Å²) in [5, 5.41) is 9.23. The molecule has 0 spiro atoms.